The van der Waals surface area contributed by atoms with Crippen LogP contribution in [0, 0.1) is 0 Å². The Hall–Kier alpha value is -2.15. The number of alkyl halides is 3. The van der Waals surface area contributed by atoms with Crippen LogP contribution in [0.25, 0.3) is 0 Å². The van der Waals surface area contributed by atoms with Crippen LogP contribution in [-0.2, 0) is 6.54 Å². The van der Waals surface area contributed by atoms with Crippen molar-refractivity contribution in [3.8, 4) is 0 Å². The lowest BCUT2D eigenvalue weighted by Crippen LogP contribution is -2.52. The summed E-state index contributed by atoms with van der Waals surface area (Å²) in [5.74, 6) is 0. The number of rotatable bonds is 8. The third-order valence-electron chi connectivity index (χ3n) is 3.82. The van der Waals surface area contributed by atoms with E-state index in [1.165, 1.54) is 5.01 Å². The molecule has 0 aliphatic heterocycles. The second-order valence-electron chi connectivity index (χ2n) is 5.61. The van der Waals surface area contributed by atoms with Gasteiger partial charge in [0.2, 0.25) is 0 Å². The Morgan fingerprint density at radius 3 is 2.08 bits per heavy atom. The zero-order valence-electron chi connectivity index (χ0n) is 13.7. The molecule has 0 heterocycles. The van der Waals surface area contributed by atoms with Crippen LogP contribution >= 0.6 is 0 Å². The highest BCUT2D eigenvalue weighted by molar-refractivity contribution is 5.20. The highest BCUT2D eigenvalue weighted by atomic mass is 19.4. The number of nitrogens with one attached hydrogen (secondary N) is 1. The topological polar surface area (TPSA) is 35.5 Å². The third-order valence-corrected chi connectivity index (χ3v) is 3.82. The number of aliphatic hydroxyl groups is 1. The lowest BCUT2D eigenvalue weighted by molar-refractivity contribution is -0.160. The number of hydrogen-bond donors (Lipinski definition) is 2. The fourth-order valence-corrected chi connectivity index (χ4v) is 2.52. The lowest BCUT2D eigenvalue weighted by atomic mass is 10.1. The largest absolute Gasteiger partial charge is 0.408 e. The van der Waals surface area contributed by atoms with Crippen LogP contribution in [0.15, 0.2) is 73.3 Å². The molecule has 2 aromatic rings. The van der Waals surface area contributed by atoms with Crippen molar-refractivity contribution in [3.63, 3.8) is 0 Å². The average molecular weight is 350 g/mol. The number of hydrogen-bond acceptors (Lipinski definition) is 3. The molecular weight excluding hydrogens is 329 g/mol. The van der Waals surface area contributed by atoms with Gasteiger partial charge in [0.15, 0.2) is 0 Å². The first kappa shape index (κ1) is 19.2. The first-order valence-corrected chi connectivity index (χ1v) is 7.87. The molecule has 2 rings (SSSR count). The summed E-state index contributed by atoms with van der Waals surface area (Å²) in [5, 5.41) is 11.2. The lowest BCUT2D eigenvalue weighted by Gasteiger charge is -2.34. The zero-order chi connectivity index (χ0) is 18.3. The Morgan fingerprint density at radius 1 is 1.04 bits per heavy atom. The van der Waals surface area contributed by atoms with E-state index in [0.717, 1.165) is 17.2 Å². The summed E-state index contributed by atoms with van der Waals surface area (Å²) >= 11 is 0. The van der Waals surface area contributed by atoms with Crippen molar-refractivity contribution < 1.29 is 18.3 Å². The summed E-state index contributed by atoms with van der Waals surface area (Å²) in [6, 6.07) is 15.5. The van der Waals surface area contributed by atoms with Gasteiger partial charge in [0.1, 0.15) is 6.04 Å². The number of hydrazine groups is 1. The van der Waals surface area contributed by atoms with Crippen LogP contribution in [0.1, 0.15) is 17.2 Å². The van der Waals surface area contributed by atoms with Gasteiger partial charge in [-0.25, -0.2) is 10.4 Å². The van der Waals surface area contributed by atoms with Crippen molar-refractivity contribution in [1.82, 2.24) is 10.4 Å². The highest BCUT2D eigenvalue weighted by Gasteiger charge is 2.39. The molecule has 2 aromatic carbocycles. The molecule has 0 aliphatic rings. The van der Waals surface area contributed by atoms with E-state index in [2.05, 4.69) is 12.0 Å². The predicted octanol–water partition coefficient (Wildman–Crippen LogP) is 3.84. The van der Waals surface area contributed by atoms with Crippen molar-refractivity contribution in [2.45, 2.75) is 24.8 Å². The van der Waals surface area contributed by atoms with Gasteiger partial charge in [0.25, 0.3) is 0 Å². The molecule has 0 fully saturated rings. The molecule has 2 atom stereocenters. The highest BCUT2D eigenvalue weighted by Crippen LogP contribution is 2.25. The molecule has 134 valence electrons. The predicted molar refractivity (Wildman–Crippen MR) is 91.4 cm³/mol. The van der Waals surface area contributed by atoms with Crippen LogP contribution in [0.2, 0.25) is 0 Å². The van der Waals surface area contributed by atoms with E-state index in [9.17, 15) is 18.3 Å². The molecule has 0 aromatic heterocycles. The quantitative estimate of drug-likeness (QED) is 0.561. The van der Waals surface area contributed by atoms with Crippen molar-refractivity contribution in [2.75, 3.05) is 6.61 Å². The van der Waals surface area contributed by atoms with E-state index in [4.69, 9.17) is 0 Å². The van der Waals surface area contributed by atoms with Crippen LogP contribution in [0.4, 0.5) is 13.2 Å². The molecule has 0 saturated carbocycles. The van der Waals surface area contributed by atoms with E-state index >= 15 is 0 Å². The van der Waals surface area contributed by atoms with E-state index < -0.39 is 18.3 Å². The fraction of sp³-hybridized carbons (Fsp3) is 0.263. The first-order valence-electron chi connectivity index (χ1n) is 7.87. The summed E-state index contributed by atoms with van der Waals surface area (Å²) in [6.07, 6.45) is -3.66. The van der Waals surface area contributed by atoms with Crippen molar-refractivity contribution in [3.05, 3.63) is 84.4 Å². The van der Waals surface area contributed by atoms with Crippen molar-refractivity contribution >= 4 is 0 Å². The molecule has 6 heteroatoms. The summed E-state index contributed by atoms with van der Waals surface area (Å²) in [7, 11) is 0. The van der Waals surface area contributed by atoms with Gasteiger partial charge in [-0.2, -0.15) is 13.2 Å². The van der Waals surface area contributed by atoms with Gasteiger partial charge in [0, 0.05) is 6.54 Å². The second-order valence-corrected chi connectivity index (χ2v) is 5.61. The van der Waals surface area contributed by atoms with E-state index in [-0.39, 0.29) is 13.2 Å². The third kappa shape index (κ3) is 5.42. The van der Waals surface area contributed by atoms with Crippen molar-refractivity contribution in [2.24, 2.45) is 0 Å². The van der Waals surface area contributed by atoms with Crippen LogP contribution in [-0.4, -0.2) is 28.9 Å². The van der Waals surface area contributed by atoms with Gasteiger partial charge in [-0.15, -0.1) is 6.58 Å². The van der Waals surface area contributed by atoms with Crippen LogP contribution in [0.3, 0.4) is 0 Å². The second kappa shape index (κ2) is 8.80. The molecule has 0 saturated heterocycles. The molecule has 0 amide bonds. The average Bonchev–Trinajstić information content (AvgIpc) is 2.60. The van der Waals surface area contributed by atoms with Gasteiger partial charge in [-0.3, -0.25) is 0 Å². The maximum Gasteiger partial charge on any atom is 0.408 e. The van der Waals surface area contributed by atoms with Gasteiger partial charge in [-0.05, 0) is 11.1 Å². The Labute approximate surface area is 145 Å². The smallest absolute Gasteiger partial charge is 0.394 e. The summed E-state index contributed by atoms with van der Waals surface area (Å²) in [5.41, 5.74) is 4.02. The number of halogens is 3. The summed E-state index contributed by atoms with van der Waals surface area (Å²) in [4.78, 5) is 0. The number of nitrogens with zero attached hydrogens (tertiary/aromatic N) is 1. The molecule has 0 aliphatic carbocycles. The molecule has 0 spiro atoms. The number of aliphatic hydroxyl groups excluding tert-OH is 1. The molecule has 25 heavy (non-hydrogen) atoms. The summed E-state index contributed by atoms with van der Waals surface area (Å²) in [6.45, 7) is 3.14. The minimum Gasteiger partial charge on any atom is -0.394 e. The van der Waals surface area contributed by atoms with Gasteiger partial charge < -0.3 is 5.11 Å². The Bertz CT molecular complexity index is 647. The van der Waals surface area contributed by atoms with Crippen LogP contribution < -0.4 is 5.43 Å². The fourth-order valence-electron chi connectivity index (χ4n) is 2.52. The maximum absolute atomic E-state index is 13.2. The van der Waals surface area contributed by atoms with Gasteiger partial charge >= 0.3 is 6.18 Å². The molecule has 0 radical (unpaired) electrons. The zero-order valence-corrected chi connectivity index (χ0v) is 13.7. The van der Waals surface area contributed by atoms with E-state index in [1.54, 1.807) is 24.3 Å². The molecule has 0 bridgehead atoms. The maximum atomic E-state index is 13.2. The first-order chi connectivity index (χ1) is 12.0. The molecule has 0 unspecified atom stereocenters. The standard InChI is InChI=1S/C19H21F3N2O/c1-2-18(19(20,21)22)23-24(13-15-9-5-3-6-10-15)17(14-25)16-11-7-4-8-12-16/h2-12,17-18,23,25H,1,13-14H2/t17-,18+/m0/s1. The molecule has 3 nitrogen and oxygen atoms in total. The molecule has 2 N–H and O–H groups in total. The Balaban J connectivity index is 2.31. The van der Waals surface area contributed by atoms with Crippen molar-refractivity contribution in [1.29, 1.82) is 0 Å². The van der Waals surface area contributed by atoms with Gasteiger partial charge in [-0.1, -0.05) is 66.7 Å². The Kier molecular flexibility index (Phi) is 6.75. The molecular formula is C19H21F3N2O. The van der Waals surface area contributed by atoms with Crippen LogP contribution in [0.5, 0.6) is 0 Å². The minimum absolute atomic E-state index is 0.196. The van der Waals surface area contributed by atoms with E-state index in [1.807, 2.05) is 36.4 Å². The SMILES string of the molecule is C=C[C@@H](NN(Cc1ccccc1)[C@@H](CO)c1ccccc1)C(F)(F)F. The normalized spacial score (nSPS) is 14.3. The van der Waals surface area contributed by atoms with Gasteiger partial charge in [0.05, 0.1) is 12.6 Å². The minimum atomic E-state index is -4.48. The Morgan fingerprint density at radius 2 is 1.60 bits per heavy atom. The summed E-state index contributed by atoms with van der Waals surface area (Å²) < 4.78 is 39.5. The monoisotopic (exact) mass is 350 g/mol. The van der Waals surface area contributed by atoms with E-state index in [0.29, 0.717) is 0 Å². The number of benzene rings is 2.